The quantitative estimate of drug-likeness (QED) is 0.855. The number of Topliss-reactive ketones (excluding diaryl/α,β-unsaturated/α-hetero) is 1. The number of carbonyl (C=O) groups is 1. The van der Waals surface area contributed by atoms with Crippen LogP contribution in [0.3, 0.4) is 0 Å². The second-order valence-corrected chi connectivity index (χ2v) is 5.66. The molecule has 0 aromatic heterocycles. The zero-order valence-electron chi connectivity index (χ0n) is 9.02. The average molecular weight is 239 g/mol. The molecule has 1 aliphatic rings. The molecule has 2 nitrogen and oxygen atoms in total. The fraction of sp³-hybridized carbons (Fsp3) is 0.417. The molecular weight excluding hydrogens is 225 g/mol. The van der Waals surface area contributed by atoms with Gasteiger partial charge in [-0.1, -0.05) is 12.1 Å². The maximum absolute atomic E-state index is 13.0. The van der Waals surface area contributed by atoms with Crippen LogP contribution in [0.2, 0.25) is 0 Å². The minimum Gasteiger partial charge on any atom is -0.321 e. The molecule has 0 saturated carbocycles. The van der Waals surface area contributed by atoms with Crippen LogP contribution in [0.1, 0.15) is 12.5 Å². The van der Waals surface area contributed by atoms with E-state index >= 15 is 0 Å². The van der Waals surface area contributed by atoms with Crippen molar-refractivity contribution in [1.29, 1.82) is 0 Å². The van der Waals surface area contributed by atoms with Crippen LogP contribution in [-0.2, 0) is 11.2 Å². The molecule has 2 N–H and O–H groups in total. The van der Waals surface area contributed by atoms with Gasteiger partial charge in [0.15, 0.2) is 5.78 Å². The molecule has 16 heavy (non-hydrogen) atoms. The summed E-state index contributed by atoms with van der Waals surface area (Å²) in [4.78, 5) is 11.6. The van der Waals surface area contributed by atoms with E-state index in [0.29, 0.717) is 6.42 Å². The molecule has 3 unspecified atom stereocenters. The van der Waals surface area contributed by atoms with Gasteiger partial charge in [0.05, 0.1) is 11.3 Å². The largest absolute Gasteiger partial charge is 0.321 e. The molecule has 1 heterocycles. The third kappa shape index (κ3) is 2.28. The molecule has 0 radical (unpaired) electrons. The Morgan fingerprint density at radius 2 is 2.25 bits per heavy atom. The number of thioether (sulfide) groups is 1. The molecule has 0 amide bonds. The summed E-state index contributed by atoms with van der Waals surface area (Å²) in [7, 11) is 0. The summed E-state index contributed by atoms with van der Waals surface area (Å²) in [6, 6.07) is 6.05. The zero-order chi connectivity index (χ0) is 11.7. The lowest BCUT2D eigenvalue weighted by atomic mass is 10.0. The fourth-order valence-corrected chi connectivity index (χ4v) is 3.35. The van der Waals surface area contributed by atoms with Gasteiger partial charge in [0.25, 0.3) is 0 Å². The minimum absolute atomic E-state index is 0.0337. The standard InChI is InChI=1S/C12H14FNOS/c1-7-12(15)11(14)10(16-7)6-8-3-2-4-9(13)5-8/h2-5,7,10-11H,6,14H2,1H3. The first kappa shape index (κ1) is 11.6. The number of carbonyl (C=O) groups excluding carboxylic acids is 1. The lowest BCUT2D eigenvalue weighted by Crippen LogP contribution is -2.37. The van der Waals surface area contributed by atoms with E-state index < -0.39 is 6.04 Å². The highest BCUT2D eigenvalue weighted by molar-refractivity contribution is 8.01. The lowest BCUT2D eigenvalue weighted by Gasteiger charge is -2.12. The molecular formula is C12H14FNOS. The smallest absolute Gasteiger partial charge is 0.163 e. The van der Waals surface area contributed by atoms with Gasteiger partial charge in [0, 0.05) is 5.25 Å². The van der Waals surface area contributed by atoms with Crippen molar-refractivity contribution in [2.24, 2.45) is 5.73 Å². The zero-order valence-corrected chi connectivity index (χ0v) is 9.84. The average Bonchev–Trinajstić information content (AvgIpc) is 2.47. The molecule has 0 bridgehead atoms. The Kier molecular flexibility index (Phi) is 3.30. The maximum atomic E-state index is 13.0. The van der Waals surface area contributed by atoms with Crippen LogP contribution in [0.25, 0.3) is 0 Å². The highest BCUT2D eigenvalue weighted by Gasteiger charge is 2.37. The molecule has 1 aromatic carbocycles. The van der Waals surface area contributed by atoms with Crippen molar-refractivity contribution in [3.63, 3.8) is 0 Å². The highest BCUT2D eigenvalue weighted by atomic mass is 32.2. The van der Waals surface area contributed by atoms with E-state index in [2.05, 4.69) is 0 Å². The number of halogens is 1. The fourth-order valence-electron chi connectivity index (χ4n) is 1.94. The summed E-state index contributed by atoms with van der Waals surface area (Å²) >= 11 is 1.59. The van der Waals surface area contributed by atoms with Crippen LogP contribution in [0.15, 0.2) is 24.3 Å². The Labute approximate surface area is 98.4 Å². The van der Waals surface area contributed by atoms with Crippen LogP contribution in [0.4, 0.5) is 4.39 Å². The van der Waals surface area contributed by atoms with Crippen LogP contribution >= 0.6 is 11.8 Å². The third-order valence-corrected chi connectivity index (χ3v) is 4.28. The summed E-state index contributed by atoms with van der Waals surface area (Å²) in [5, 5.41) is 0.0397. The Hall–Kier alpha value is -0.870. The summed E-state index contributed by atoms with van der Waals surface area (Å²) < 4.78 is 13.0. The van der Waals surface area contributed by atoms with Crippen molar-refractivity contribution in [2.75, 3.05) is 0 Å². The van der Waals surface area contributed by atoms with E-state index in [9.17, 15) is 9.18 Å². The number of hydrogen-bond acceptors (Lipinski definition) is 3. The van der Waals surface area contributed by atoms with Gasteiger partial charge in [-0.05, 0) is 31.0 Å². The Balaban J connectivity index is 2.09. The Morgan fingerprint density at radius 1 is 1.50 bits per heavy atom. The minimum atomic E-state index is -0.414. The predicted molar refractivity (Wildman–Crippen MR) is 63.9 cm³/mol. The van der Waals surface area contributed by atoms with Gasteiger partial charge < -0.3 is 5.73 Å². The topological polar surface area (TPSA) is 43.1 Å². The molecule has 1 fully saturated rings. The Morgan fingerprint density at radius 3 is 2.81 bits per heavy atom. The molecule has 86 valence electrons. The van der Waals surface area contributed by atoms with Crippen LogP contribution in [0.5, 0.6) is 0 Å². The first-order chi connectivity index (χ1) is 7.58. The van der Waals surface area contributed by atoms with E-state index in [4.69, 9.17) is 5.73 Å². The van der Waals surface area contributed by atoms with E-state index in [1.54, 1.807) is 17.8 Å². The normalized spacial score (nSPS) is 29.7. The van der Waals surface area contributed by atoms with Gasteiger partial charge in [-0.2, -0.15) is 0 Å². The van der Waals surface area contributed by atoms with Crippen molar-refractivity contribution in [3.8, 4) is 0 Å². The van der Waals surface area contributed by atoms with E-state index in [1.165, 1.54) is 12.1 Å². The van der Waals surface area contributed by atoms with E-state index in [1.807, 2.05) is 13.0 Å². The number of ketones is 1. The van der Waals surface area contributed by atoms with Gasteiger partial charge in [-0.25, -0.2) is 4.39 Å². The second kappa shape index (κ2) is 4.55. The van der Waals surface area contributed by atoms with Crippen molar-refractivity contribution in [2.45, 2.75) is 29.9 Å². The predicted octanol–water partition coefficient (Wildman–Crippen LogP) is 1.77. The van der Waals surface area contributed by atoms with Crippen LogP contribution in [0, 0.1) is 5.82 Å². The molecule has 0 aliphatic carbocycles. The van der Waals surface area contributed by atoms with E-state index in [0.717, 1.165) is 5.56 Å². The molecule has 1 saturated heterocycles. The summed E-state index contributed by atoms with van der Waals surface area (Å²) in [6.45, 7) is 1.87. The summed E-state index contributed by atoms with van der Waals surface area (Å²) in [5.74, 6) is -0.139. The second-order valence-electron chi connectivity index (χ2n) is 4.08. The first-order valence-corrected chi connectivity index (χ1v) is 6.21. The van der Waals surface area contributed by atoms with Crippen molar-refractivity contribution in [3.05, 3.63) is 35.6 Å². The molecule has 1 aromatic rings. The number of hydrogen-bond donors (Lipinski definition) is 1. The Bertz CT molecular complexity index is 410. The van der Waals surface area contributed by atoms with Crippen LogP contribution < -0.4 is 5.73 Å². The number of rotatable bonds is 2. The number of benzene rings is 1. The lowest BCUT2D eigenvalue weighted by molar-refractivity contribution is -0.118. The molecule has 3 atom stereocenters. The van der Waals surface area contributed by atoms with Gasteiger partial charge in [-0.15, -0.1) is 11.8 Å². The van der Waals surface area contributed by atoms with Gasteiger partial charge in [0.2, 0.25) is 0 Å². The monoisotopic (exact) mass is 239 g/mol. The maximum Gasteiger partial charge on any atom is 0.163 e. The third-order valence-electron chi connectivity index (χ3n) is 2.83. The van der Waals surface area contributed by atoms with Crippen molar-refractivity contribution in [1.82, 2.24) is 0 Å². The van der Waals surface area contributed by atoms with Crippen LogP contribution in [-0.4, -0.2) is 22.3 Å². The first-order valence-electron chi connectivity index (χ1n) is 5.27. The number of nitrogens with two attached hydrogens (primary N) is 1. The molecule has 2 rings (SSSR count). The molecule has 1 aliphatic heterocycles. The van der Waals surface area contributed by atoms with Gasteiger partial charge in [-0.3, -0.25) is 4.79 Å². The SMILES string of the molecule is CC1SC(Cc2cccc(F)c2)C(N)C1=O. The molecule has 0 spiro atoms. The van der Waals surface area contributed by atoms with Crippen molar-refractivity contribution < 1.29 is 9.18 Å². The molecule has 4 heteroatoms. The van der Waals surface area contributed by atoms with Gasteiger partial charge in [0.1, 0.15) is 5.82 Å². The van der Waals surface area contributed by atoms with E-state index in [-0.39, 0.29) is 22.1 Å². The summed E-state index contributed by atoms with van der Waals surface area (Å²) in [6.07, 6.45) is 0.652. The van der Waals surface area contributed by atoms with Gasteiger partial charge >= 0.3 is 0 Å². The summed E-state index contributed by atoms with van der Waals surface area (Å²) in [5.41, 5.74) is 6.73. The highest BCUT2D eigenvalue weighted by Crippen LogP contribution is 2.32. The van der Waals surface area contributed by atoms with Crippen molar-refractivity contribution >= 4 is 17.5 Å².